The number of nitrogens with one attached hydrogen (secondary N) is 2. The van der Waals surface area contributed by atoms with E-state index >= 15 is 0 Å². The first-order valence-electron chi connectivity index (χ1n) is 9.80. The zero-order valence-electron chi connectivity index (χ0n) is 16.2. The number of anilines is 1. The van der Waals surface area contributed by atoms with Gasteiger partial charge in [0.25, 0.3) is 0 Å². The third-order valence-electron chi connectivity index (χ3n) is 6.08. The third-order valence-corrected chi connectivity index (χ3v) is 6.08. The lowest BCUT2D eigenvalue weighted by Gasteiger charge is -2.42. The maximum atomic E-state index is 14.9. The number of piperidine rings is 1. The molecule has 2 aliphatic rings. The Labute approximate surface area is 162 Å². The molecule has 8 heteroatoms. The van der Waals surface area contributed by atoms with Crippen LogP contribution in [0.15, 0.2) is 24.8 Å². The van der Waals surface area contributed by atoms with E-state index in [4.69, 9.17) is 4.74 Å². The first kappa shape index (κ1) is 17.6. The predicted molar refractivity (Wildman–Crippen MR) is 106 cm³/mol. The van der Waals surface area contributed by atoms with E-state index in [1.807, 2.05) is 31.8 Å². The number of hydrogen-bond donors (Lipinski definition) is 2. The Bertz CT molecular complexity index is 994. The number of fused-ring (bicyclic) bond motifs is 1. The first-order chi connectivity index (χ1) is 13.7. The zero-order chi connectivity index (χ0) is 19.3. The van der Waals surface area contributed by atoms with E-state index in [9.17, 15) is 4.39 Å². The van der Waals surface area contributed by atoms with Gasteiger partial charge in [0.2, 0.25) is 0 Å². The summed E-state index contributed by atoms with van der Waals surface area (Å²) in [7, 11) is 1.91. The van der Waals surface area contributed by atoms with Gasteiger partial charge in [0.1, 0.15) is 11.8 Å². The van der Waals surface area contributed by atoms with Crippen LogP contribution in [-0.2, 0) is 4.74 Å². The van der Waals surface area contributed by atoms with E-state index in [2.05, 4.69) is 32.2 Å². The Morgan fingerprint density at radius 3 is 2.89 bits per heavy atom. The maximum Gasteiger partial charge on any atom is 0.139 e. The van der Waals surface area contributed by atoms with E-state index in [0.717, 1.165) is 59.6 Å². The molecule has 2 aliphatic heterocycles. The van der Waals surface area contributed by atoms with Crippen molar-refractivity contribution in [3.8, 4) is 11.1 Å². The SMILES string of the molecule is CNc1c(-c2cnn([C@H]3CCN(C4COC4)C[C@@H]3F)c2)cnc2[nH]cc(C)c12. The fraction of sp³-hybridized carbons (Fsp3) is 0.500. The van der Waals surface area contributed by atoms with Crippen LogP contribution in [0, 0.1) is 6.92 Å². The highest BCUT2D eigenvalue weighted by molar-refractivity contribution is 5.99. The fourth-order valence-electron chi connectivity index (χ4n) is 4.37. The monoisotopic (exact) mass is 384 g/mol. The number of hydrogen-bond acceptors (Lipinski definition) is 5. The van der Waals surface area contributed by atoms with Gasteiger partial charge in [0, 0.05) is 55.2 Å². The van der Waals surface area contributed by atoms with Crippen molar-refractivity contribution in [1.82, 2.24) is 24.6 Å². The summed E-state index contributed by atoms with van der Waals surface area (Å²) in [5.41, 5.74) is 4.93. The van der Waals surface area contributed by atoms with Crippen LogP contribution < -0.4 is 5.32 Å². The van der Waals surface area contributed by atoms with Crippen molar-refractivity contribution < 1.29 is 9.13 Å². The fourth-order valence-corrected chi connectivity index (χ4v) is 4.37. The van der Waals surface area contributed by atoms with E-state index in [1.54, 1.807) is 4.68 Å². The number of nitrogens with zero attached hydrogens (tertiary/aromatic N) is 4. The average Bonchev–Trinajstić information content (AvgIpc) is 3.27. The molecule has 2 N–H and O–H groups in total. The van der Waals surface area contributed by atoms with Crippen LogP contribution in [0.5, 0.6) is 0 Å². The molecule has 0 unspecified atom stereocenters. The van der Waals surface area contributed by atoms with Crippen LogP contribution in [-0.4, -0.2) is 70.2 Å². The third kappa shape index (κ3) is 2.79. The second kappa shape index (κ2) is 6.86. The van der Waals surface area contributed by atoms with E-state index in [-0.39, 0.29) is 6.04 Å². The number of aromatic amines is 1. The quantitative estimate of drug-likeness (QED) is 0.724. The highest BCUT2D eigenvalue weighted by Crippen LogP contribution is 2.36. The van der Waals surface area contributed by atoms with E-state index in [1.165, 1.54) is 0 Å². The maximum absolute atomic E-state index is 14.9. The Morgan fingerprint density at radius 1 is 1.32 bits per heavy atom. The Morgan fingerprint density at radius 2 is 2.18 bits per heavy atom. The van der Waals surface area contributed by atoms with Crippen molar-refractivity contribution in [2.45, 2.75) is 31.6 Å². The predicted octanol–water partition coefficient (Wildman–Crippen LogP) is 2.76. The van der Waals surface area contributed by atoms with Gasteiger partial charge < -0.3 is 15.0 Å². The number of aryl methyl sites for hydroxylation is 1. The van der Waals surface area contributed by atoms with E-state index in [0.29, 0.717) is 12.6 Å². The molecule has 0 aromatic carbocycles. The largest absolute Gasteiger partial charge is 0.387 e. The van der Waals surface area contributed by atoms with Crippen LogP contribution in [0.2, 0.25) is 0 Å². The van der Waals surface area contributed by atoms with Crippen molar-refractivity contribution in [3.63, 3.8) is 0 Å². The molecule has 5 rings (SSSR count). The number of pyridine rings is 1. The number of rotatable bonds is 4. The molecule has 7 nitrogen and oxygen atoms in total. The standard InChI is InChI=1S/C20H25FN6O/c1-12-5-23-20-18(12)19(22-2)15(7-24-20)13-6-25-27(8-13)17-3-4-26(9-16(17)21)14-10-28-11-14/h5-8,14,16-17H,3-4,9-11H2,1-2H3,(H2,22,23,24)/t16-,17-/m0/s1. The zero-order valence-corrected chi connectivity index (χ0v) is 16.2. The summed E-state index contributed by atoms with van der Waals surface area (Å²) in [6.45, 7) is 4.84. The first-order valence-corrected chi connectivity index (χ1v) is 9.80. The number of aromatic nitrogens is 4. The lowest BCUT2D eigenvalue weighted by Crippen LogP contribution is -2.55. The van der Waals surface area contributed by atoms with Gasteiger partial charge in [-0.05, 0) is 18.9 Å². The summed E-state index contributed by atoms with van der Waals surface area (Å²) in [6.07, 6.45) is 7.39. The number of H-pyrrole nitrogens is 1. The highest BCUT2D eigenvalue weighted by atomic mass is 19.1. The van der Waals surface area contributed by atoms with Gasteiger partial charge in [-0.1, -0.05) is 0 Å². The molecule has 0 radical (unpaired) electrons. The topological polar surface area (TPSA) is 71.0 Å². The van der Waals surface area contributed by atoms with Crippen LogP contribution >= 0.6 is 0 Å². The van der Waals surface area contributed by atoms with Crippen molar-refractivity contribution in [2.75, 3.05) is 38.7 Å². The molecular weight excluding hydrogens is 359 g/mol. The van der Waals surface area contributed by atoms with Gasteiger partial charge in [0.05, 0.1) is 37.2 Å². The molecule has 2 saturated heterocycles. The molecule has 148 valence electrons. The Kier molecular flexibility index (Phi) is 4.32. The van der Waals surface area contributed by atoms with Crippen molar-refractivity contribution in [1.29, 1.82) is 0 Å². The Balaban J connectivity index is 1.42. The molecule has 0 bridgehead atoms. The summed E-state index contributed by atoms with van der Waals surface area (Å²) in [5.74, 6) is 0. The molecule has 3 aromatic heterocycles. The van der Waals surface area contributed by atoms with Gasteiger partial charge in [0.15, 0.2) is 0 Å². The lowest BCUT2D eigenvalue weighted by atomic mass is 10.0. The van der Waals surface area contributed by atoms with Gasteiger partial charge in [-0.2, -0.15) is 5.10 Å². The molecule has 2 fully saturated rings. The van der Waals surface area contributed by atoms with Gasteiger partial charge in [-0.15, -0.1) is 0 Å². The number of halogens is 1. The average molecular weight is 384 g/mol. The molecule has 0 spiro atoms. The minimum atomic E-state index is -0.932. The summed E-state index contributed by atoms with van der Waals surface area (Å²) in [4.78, 5) is 9.94. The molecule has 3 aromatic rings. The molecule has 5 heterocycles. The molecular formula is C20H25FN6O. The van der Waals surface area contributed by atoms with Gasteiger partial charge >= 0.3 is 0 Å². The van der Waals surface area contributed by atoms with Crippen LogP contribution in [0.1, 0.15) is 18.0 Å². The van der Waals surface area contributed by atoms with Crippen LogP contribution in [0.3, 0.4) is 0 Å². The minimum Gasteiger partial charge on any atom is -0.387 e. The normalized spacial score (nSPS) is 23.8. The second-order valence-corrected chi connectivity index (χ2v) is 7.76. The van der Waals surface area contributed by atoms with Gasteiger partial charge in [-0.25, -0.2) is 9.37 Å². The molecule has 2 atom stereocenters. The Hall–Kier alpha value is -2.45. The highest BCUT2D eigenvalue weighted by Gasteiger charge is 2.36. The number of likely N-dealkylation sites (tertiary alicyclic amines) is 1. The second-order valence-electron chi connectivity index (χ2n) is 7.76. The minimum absolute atomic E-state index is 0.227. The number of alkyl halides is 1. The van der Waals surface area contributed by atoms with Crippen LogP contribution in [0.25, 0.3) is 22.2 Å². The molecule has 0 aliphatic carbocycles. The summed E-state index contributed by atoms with van der Waals surface area (Å²) in [5, 5.41) is 8.89. The smallest absolute Gasteiger partial charge is 0.139 e. The molecule has 0 amide bonds. The number of ether oxygens (including phenoxy) is 1. The summed E-state index contributed by atoms with van der Waals surface area (Å²) < 4.78 is 21.9. The molecule has 28 heavy (non-hydrogen) atoms. The van der Waals surface area contributed by atoms with Crippen molar-refractivity contribution >= 4 is 16.7 Å². The van der Waals surface area contributed by atoms with Gasteiger partial charge in [-0.3, -0.25) is 9.58 Å². The molecule has 0 saturated carbocycles. The summed E-state index contributed by atoms with van der Waals surface area (Å²) >= 11 is 0. The van der Waals surface area contributed by atoms with Crippen molar-refractivity contribution in [2.24, 2.45) is 0 Å². The summed E-state index contributed by atoms with van der Waals surface area (Å²) in [6, 6.07) is 0.155. The lowest BCUT2D eigenvalue weighted by molar-refractivity contribution is -0.0847. The van der Waals surface area contributed by atoms with Crippen molar-refractivity contribution in [3.05, 3.63) is 30.4 Å². The van der Waals surface area contributed by atoms with E-state index < -0.39 is 6.17 Å². The van der Waals surface area contributed by atoms with Crippen LogP contribution in [0.4, 0.5) is 10.1 Å².